The van der Waals surface area contributed by atoms with Crippen LogP contribution in [0.2, 0.25) is 0 Å². The molecule has 24 heavy (non-hydrogen) atoms. The van der Waals surface area contributed by atoms with Crippen molar-refractivity contribution in [2.45, 2.75) is 39.0 Å². The first kappa shape index (κ1) is 16.9. The summed E-state index contributed by atoms with van der Waals surface area (Å²) >= 11 is 1.79. The van der Waals surface area contributed by atoms with E-state index in [1.807, 2.05) is 7.05 Å². The Bertz CT molecular complexity index is 669. The van der Waals surface area contributed by atoms with Crippen LogP contribution in [0.5, 0.6) is 0 Å². The first-order chi connectivity index (χ1) is 11.7. The van der Waals surface area contributed by atoms with Crippen LogP contribution in [0.4, 0.5) is 0 Å². The molecule has 0 aliphatic carbocycles. The molecular weight excluding hydrogens is 322 g/mol. The zero-order valence-electron chi connectivity index (χ0n) is 14.5. The van der Waals surface area contributed by atoms with Crippen LogP contribution in [0.15, 0.2) is 11.3 Å². The average Bonchev–Trinajstić information content (AvgIpc) is 3.22. The molecule has 0 unspecified atom stereocenters. The van der Waals surface area contributed by atoms with Crippen molar-refractivity contribution < 1.29 is 0 Å². The number of piperidine rings is 1. The van der Waals surface area contributed by atoms with E-state index in [0.29, 0.717) is 5.92 Å². The van der Waals surface area contributed by atoms with Crippen molar-refractivity contribution in [1.82, 2.24) is 30.4 Å². The minimum Gasteiger partial charge on any atom is -0.356 e. The van der Waals surface area contributed by atoms with Crippen LogP contribution in [-0.4, -0.2) is 57.7 Å². The number of nitrogens with one attached hydrogen (secondary N) is 2. The number of aryl methyl sites for hydroxylation is 2. The second-order valence-corrected chi connectivity index (χ2v) is 7.39. The standard InChI is InChI=1S/C16H25N7S/c1-11-14(24-12(2)21-11)4-7-18-16(17-3)23-8-5-13(6-9-23)15-19-10-20-22-15/h10,13H,4-9H2,1-3H3,(H,17,18)(H,19,20,22). The molecule has 0 amide bonds. The molecule has 7 nitrogen and oxygen atoms in total. The summed E-state index contributed by atoms with van der Waals surface area (Å²) in [5, 5.41) is 11.6. The molecule has 0 bridgehead atoms. The lowest BCUT2D eigenvalue weighted by Crippen LogP contribution is -2.45. The maximum atomic E-state index is 4.49. The summed E-state index contributed by atoms with van der Waals surface area (Å²) in [7, 11) is 1.85. The number of aromatic amines is 1. The van der Waals surface area contributed by atoms with E-state index in [1.165, 1.54) is 4.88 Å². The number of guanidine groups is 1. The summed E-state index contributed by atoms with van der Waals surface area (Å²) in [6, 6.07) is 0. The lowest BCUT2D eigenvalue weighted by molar-refractivity contribution is 0.299. The summed E-state index contributed by atoms with van der Waals surface area (Å²) in [5.74, 6) is 2.48. The second kappa shape index (κ2) is 7.74. The highest BCUT2D eigenvalue weighted by Crippen LogP contribution is 2.25. The maximum Gasteiger partial charge on any atom is 0.193 e. The van der Waals surface area contributed by atoms with Gasteiger partial charge in [0.1, 0.15) is 12.2 Å². The molecule has 130 valence electrons. The van der Waals surface area contributed by atoms with Crippen LogP contribution in [0.1, 0.15) is 40.2 Å². The van der Waals surface area contributed by atoms with Gasteiger partial charge in [0.15, 0.2) is 5.96 Å². The normalized spacial score (nSPS) is 16.6. The molecular formula is C16H25N7S. The predicted molar refractivity (Wildman–Crippen MR) is 96.6 cm³/mol. The molecule has 1 fully saturated rings. The van der Waals surface area contributed by atoms with Gasteiger partial charge in [-0.2, -0.15) is 5.10 Å². The predicted octanol–water partition coefficient (Wildman–Crippen LogP) is 1.88. The van der Waals surface area contributed by atoms with Crippen LogP contribution >= 0.6 is 11.3 Å². The van der Waals surface area contributed by atoms with E-state index in [2.05, 4.69) is 49.2 Å². The van der Waals surface area contributed by atoms with Crippen LogP contribution in [0.25, 0.3) is 0 Å². The topological polar surface area (TPSA) is 82.1 Å². The quantitative estimate of drug-likeness (QED) is 0.652. The fraction of sp³-hybridized carbons (Fsp3) is 0.625. The van der Waals surface area contributed by atoms with Crippen molar-refractivity contribution in [3.05, 3.63) is 27.7 Å². The maximum absolute atomic E-state index is 4.49. The smallest absolute Gasteiger partial charge is 0.193 e. The van der Waals surface area contributed by atoms with E-state index in [-0.39, 0.29) is 0 Å². The first-order valence-corrected chi connectivity index (χ1v) is 9.22. The van der Waals surface area contributed by atoms with E-state index in [0.717, 1.165) is 61.4 Å². The Hall–Kier alpha value is -1.96. The van der Waals surface area contributed by atoms with Gasteiger partial charge in [0.2, 0.25) is 0 Å². The third-order valence-corrected chi connectivity index (χ3v) is 5.59. The van der Waals surface area contributed by atoms with Gasteiger partial charge < -0.3 is 10.2 Å². The van der Waals surface area contributed by atoms with Crippen molar-refractivity contribution in [1.29, 1.82) is 0 Å². The molecule has 0 atom stereocenters. The van der Waals surface area contributed by atoms with E-state index in [4.69, 9.17) is 0 Å². The Morgan fingerprint density at radius 1 is 1.42 bits per heavy atom. The molecule has 1 aliphatic rings. The summed E-state index contributed by atoms with van der Waals surface area (Å²) in [4.78, 5) is 16.9. The number of thiazole rings is 1. The van der Waals surface area contributed by atoms with Crippen LogP contribution < -0.4 is 5.32 Å². The Morgan fingerprint density at radius 3 is 2.79 bits per heavy atom. The number of hydrogen-bond acceptors (Lipinski definition) is 5. The van der Waals surface area contributed by atoms with Gasteiger partial charge in [-0.05, 0) is 26.7 Å². The molecule has 3 heterocycles. The van der Waals surface area contributed by atoms with Gasteiger partial charge in [0, 0.05) is 43.9 Å². The van der Waals surface area contributed by atoms with Gasteiger partial charge in [0.25, 0.3) is 0 Å². The van der Waals surface area contributed by atoms with Crippen molar-refractivity contribution in [3.63, 3.8) is 0 Å². The van der Waals surface area contributed by atoms with E-state index >= 15 is 0 Å². The SMILES string of the molecule is CN=C(NCCc1sc(C)nc1C)N1CCC(c2ncn[nH]2)CC1. The molecule has 0 spiro atoms. The molecule has 2 N–H and O–H groups in total. The van der Waals surface area contributed by atoms with Crippen LogP contribution in [0.3, 0.4) is 0 Å². The average molecular weight is 347 g/mol. The van der Waals surface area contributed by atoms with Crippen LogP contribution in [-0.2, 0) is 6.42 Å². The minimum absolute atomic E-state index is 0.477. The molecule has 0 radical (unpaired) electrons. The molecule has 1 saturated heterocycles. The van der Waals surface area contributed by atoms with Gasteiger partial charge in [-0.3, -0.25) is 10.1 Å². The van der Waals surface area contributed by atoms with Crippen LogP contribution in [0, 0.1) is 13.8 Å². The number of H-pyrrole nitrogens is 1. The van der Waals surface area contributed by atoms with E-state index in [1.54, 1.807) is 17.7 Å². The molecule has 2 aromatic rings. The molecule has 3 rings (SSSR count). The second-order valence-electron chi connectivity index (χ2n) is 6.10. The van der Waals surface area contributed by atoms with Gasteiger partial charge in [0.05, 0.1) is 10.7 Å². The molecule has 0 saturated carbocycles. The molecule has 8 heteroatoms. The lowest BCUT2D eigenvalue weighted by atomic mass is 9.96. The fourth-order valence-corrected chi connectivity index (χ4v) is 4.14. The highest BCUT2D eigenvalue weighted by Gasteiger charge is 2.24. The summed E-state index contributed by atoms with van der Waals surface area (Å²) in [6.07, 6.45) is 4.72. The van der Waals surface area contributed by atoms with Gasteiger partial charge >= 0.3 is 0 Å². The lowest BCUT2D eigenvalue weighted by Gasteiger charge is -2.33. The van der Waals surface area contributed by atoms with E-state index < -0.39 is 0 Å². The Kier molecular flexibility index (Phi) is 5.44. The molecule has 2 aromatic heterocycles. The van der Waals surface area contributed by atoms with Crippen molar-refractivity contribution >= 4 is 17.3 Å². The number of hydrogen-bond donors (Lipinski definition) is 2. The van der Waals surface area contributed by atoms with Gasteiger partial charge in [-0.1, -0.05) is 0 Å². The summed E-state index contributed by atoms with van der Waals surface area (Å²) in [6.45, 7) is 7.01. The van der Waals surface area contributed by atoms with Gasteiger partial charge in [-0.15, -0.1) is 11.3 Å². The number of aromatic nitrogens is 4. The number of likely N-dealkylation sites (tertiary alicyclic amines) is 1. The monoisotopic (exact) mass is 347 g/mol. The fourth-order valence-electron chi connectivity index (χ4n) is 3.20. The highest BCUT2D eigenvalue weighted by atomic mass is 32.1. The molecule has 0 aromatic carbocycles. The zero-order chi connectivity index (χ0) is 16.9. The van der Waals surface area contributed by atoms with Gasteiger partial charge in [-0.25, -0.2) is 9.97 Å². The molecule has 1 aliphatic heterocycles. The number of aliphatic imine (C=N–C) groups is 1. The minimum atomic E-state index is 0.477. The first-order valence-electron chi connectivity index (χ1n) is 8.41. The summed E-state index contributed by atoms with van der Waals surface area (Å²) in [5.41, 5.74) is 1.15. The Labute approximate surface area is 146 Å². The van der Waals surface area contributed by atoms with Crippen molar-refractivity contribution in [2.24, 2.45) is 4.99 Å². The zero-order valence-corrected chi connectivity index (χ0v) is 15.4. The third-order valence-electron chi connectivity index (χ3n) is 4.46. The summed E-state index contributed by atoms with van der Waals surface area (Å²) < 4.78 is 0. The largest absolute Gasteiger partial charge is 0.356 e. The Balaban J connectivity index is 1.48. The van der Waals surface area contributed by atoms with E-state index in [9.17, 15) is 0 Å². The third kappa shape index (κ3) is 3.92. The number of rotatable bonds is 4. The number of nitrogens with zero attached hydrogens (tertiary/aromatic N) is 5. The van der Waals surface area contributed by atoms with Crippen molar-refractivity contribution in [2.75, 3.05) is 26.7 Å². The van der Waals surface area contributed by atoms with Crippen molar-refractivity contribution in [3.8, 4) is 0 Å². The Morgan fingerprint density at radius 2 is 2.21 bits per heavy atom. The highest BCUT2D eigenvalue weighted by molar-refractivity contribution is 7.11.